The molecule has 2 N–H and O–H groups in total. The summed E-state index contributed by atoms with van der Waals surface area (Å²) in [4.78, 5) is 20.3. The molecule has 3 heterocycles. The minimum Gasteiger partial charge on any atom is -0.494 e. The number of amides is 1. The van der Waals surface area contributed by atoms with Crippen molar-refractivity contribution in [3.05, 3.63) is 53.7 Å². The highest BCUT2D eigenvalue weighted by atomic mass is 19.4. The van der Waals surface area contributed by atoms with Crippen LogP contribution in [0, 0.1) is 0 Å². The molecule has 0 radical (unpaired) electrons. The Kier molecular flexibility index (Phi) is 5.71. The Morgan fingerprint density at radius 3 is 2.60 bits per heavy atom. The van der Waals surface area contributed by atoms with E-state index in [0.29, 0.717) is 24.2 Å². The lowest BCUT2D eigenvalue weighted by atomic mass is 10.0. The van der Waals surface area contributed by atoms with Crippen LogP contribution < -0.4 is 10.1 Å². The van der Waals surface area contributed by atoms with Crippen molar-refractivity contribution in [2.24, 2.45) is 0 Å². The predicted molar refractivity (Wildman–Crippen MR) is 104 cm³/mol. The number of nitrogens with zero attached hydrogens (tertiary/aromatic N) is 3. The summed E-state index contributed by atoms with van der Waals surface area (Å²) in [6.45, 7) is 3.42. The molecular formula is C20H21F3N4O3. The summed E-state index contributed by atoms with van der Waals surface area (Å²) in [5, 5.41) is 12.4. The van der Waals surface area contributed by atoms with Crippen molar-refractivity contribution >= 4 is 17.2 Å². The highest BCUT2D eigenvalue weighted by Crippen LogP contribution is 2.29. The first-order valence-electron chi connectivity index (χ1n) is 9.10. The molecule has 3 aromatic heterocycles. The van der Waals surface area contributed by atoms with E-state index in [0.717, 1.165) is 17.8 Å². The smallest absolute Gasteiger partial charge is 0.433 e. The van der Waals surface area contributed by atoms with E-state index in [1.54, 1.807) is 36.7 Å². The van der Waals surface area contributed by atoms with Gasteiger partial charge in [0.1, 0.15) is 28.5 Å². The van der Waals surface area contributed by atoms with Crippen molar-refractivity contribution in [2.45, 2.75) is 38.5 Å². The van der Waals surface area contributed by atoms with Crippen molar-refractivity contribution < 1.29 is 27.8 Å². The van der Waals surface area contributed by atoms with Crippen LogP contribution in [-0.4, -0.2) is 38.1 Å². The second-order valence-corrected chi connectivity index (χ2v) is 7.43. The maximum Gasteiger partial charge on any atom is 0.433 e. The minimum atomic E-state index is -4.65. The molecule has 0 saturated heterocycles. The van der Waals surface area contributed by atoms with Gasteiger partial charge in [0.25, 0.3) is 5.91 Å². The largest absolute Gasteiger partial charge is 0.494 e. The van der Waals surface area contributed by atoms with Gasteiger partial charge in [-0.3, -0.25) is 4.79 Å². The van der Waals surface area contributed by atoms with Crippen molar-refractivity contribution in [1.29, 1.82) is 0 Å². The van der Waals surface area contributed by atoms with E-state index in [1.807, 2.05) is 0 Å². The second kappa shape index (κ2) is 7.94. The number of ether oxygens (including phenoxy) is 1. The Hall–Kier alpha value is -3.14. The van der Waals surface area contributed by atoms with E-state index in [4.69, 9.17) is 4.74 Å². The third-order valence-electron chi connectivity index (χ3n) is 4.34. The maximum absolute atomic E-state index is 12.9. The Morgan fingerprint density at radius 1 is 1.23 bits per heavy atom. The molecule has 160 valence electrons. The van der Waals surface area contributed by atoms with Gasteiger partial charge in [0.15, 0.2) is 0 Å². The SMILES string of the molecule is COc1cc2nc(CCC(C)(C)O)cn2cc1NC(=O)c1cccc(C(F)(F)F)n1. The van der Waals surface area contributed by atoms with Crippen molar-refractivity contribution in [1.82, 2.24) is 14.4 Å². The Labute approximate surface area is 170 Å². The maximum atomic E-state index is 12.9. The number of imidazole rings is 1. The number of pyridine rings is 2. The topological polar surface area (TPSA) is 88.8 Å². The molecule has 3 rings (SSSR count). The fourth-order valence-electron chi connectivity index (χ4n) is 2.79. The number of carbonyl (C=O) groups is 1. The first kappa shape index (κ1) is 21.6. The molecule has 0 aliphatic heterocycles. The summed E-state index contributed by atoms with van der Waals surface area (Å²) in [7, 11) is 1.40. The number of methoxy groups -OCH3 is 1. The molecule has 0 fully saturated rings. The van der Waals surface area contributed by atoms with Crippen LogP contribution in [-0.2, 0) is 12.6 Å². The van der Waals surface area contributed by atoms with Crippen molar-refractivity contribution in [3.63, 3.8) is 0 Å². The standard InChI is InChI=1S/C20H21F3N4O3/c1-19(2,29)8-7-12-10-27-11-14(15(30-3)9-17(27)24-12)26-18(28)13-5-4-6-16(25-13)20(21,22)23/h4-6,9-11,29H,7-8H2,1-3H3,(H,26,28). The van der Waals surface area contributed by atoms with Crippen LogP contribution in [0.2, 0.25) is 0 Å². The molecule has 0 saturated carbocycles. The van der Waals surface area contributed by atoms with E-state index in [-0.39, 0.29) is 11.4 Å². The lowest BCUT2D eigenvalue weighted by molar-refractivity contribution is -0.141. The summed E-state index contributed by atoms with van der Waals surface area (Å²) >= 11 is 0. The number of fused-ring (bicyclic) bond motifs is 1. The van der Waals surface area contributed by atoms with Gasteiger partial charge in [-0.2, -0.15) is 13.2 Å². The van der Waals surface area contributed by atoms with Crippen LogP contribution >= 0.6 is 0 Å². The van der Waals surface area contributed by atoms with Gasteiger partial charge >= 0.3 is 6.18 Å². The molecule has 0 unspecified atom stereocenters. The molecular weight excluding hydrogens is 401 g/mol. The van der Waals surface area contributed by atoms with Gasteiger partial charge in [0.05, 0.1) is 18.4 Å². The van der Waals surface area contributed by atoms with Gasteiger partial charge in [-0.1, -0.05) is 6.07 Å². The fraction of sp³-hybridized carbons (Fsp3) is 0.350. The number of halogens is 3. The highest BCUT2D eigenvalue weighted by molar-refractivity contribution is 6.03. The van der Waals surface area contributed by atoms with Crippen LogP contribution in [0.4, 0.5) is 18.9 Å². The summed E-state index contributed by atoms with van der Waals surface area (Å²) in [5.41, 5.74) is -0.798. The molecule has 3 aromatic rings. The Bertz CT molecular complexity index is 1070. The molecule has 0 aliphatic carbocycles. The molecule has 0 aromatic carbocycles. The number of aliphatic hydroxyl groups is 1. The average Bonchev–Trinajstić information content (AvgIpc) is 3.06. The van der Waals surface area contributed by atoms with Gasteiger partial charge in [0, 0.05) is 18.5 Å². The summed E-state index contributed by atoms with van der Waals surface area (Å²) in [6.07, 6.45) is -0.287. The molecule has 10 heteroatoms. The lowest BCUT2D eigenvalue weighted by Crippen LogP contribution is -2.19. The van der Waals surface area contributed by atoms with Gasteiger partial charge in [-0.25, -0.2) is 9.97 Å². The normalized spacial score (nSPS) is 12.2. The van der Waals surface area contributed by atoms with E-state index >= 15 is 0 Å². The number of hydrogen-bond donors (Lipinski definition) is 2. The number of alkyl halides is 3. The summed E-state index contributed by atoms with van der Waals surface area (Å²) in [6, 6.07) is 4.71. The van der Waals surface area contributed by atoms with E-state index in [9.17, 15) is 23.1 Å². The quantitative estimate of drug-likeness (QED) is 0.632. The third-order valence-corrected chi connectivity index (χ3v) is 4.34. The number of carbonyl (C=O) groups excluding carboxylic acids is 1. The monoisotopic (exact) mass is 422 g/mol. The number of aromatic nitrogens is 3. The zero-order chi connectivity index (χ0) is 22.1. The first-order valence-corrected chi connectivity index (χ1v) is 9.10. The number of anilines is 1. The predicted octanol–water partition coefficient (Wildman–Crippen LogP) is 3.71. The minimum absolute atomic E-state index is 0.251. The molecule has 0 aliphatic rings. The van der Waals surface area contributed by atoms with E-state index < -0.39 is 23.4 Å². The van der Waals surface area contributed by atoms with Gasteiger partial charge < -0.3 is 19.6 Å². The van der Waals surface area contributed by atoms with Gasteiger partial charge in [-0.15, -0.1) is 0 Å². The molecule has 1 amide bonds. The van der Waals surface area contributed by atoms with Crippen LogP contribution in [0.5, 0.6) is 5.75 Å². The number of rotatable bonds is 6. The first-order chi connectivity index (χ1) is 14.0. The Morgan fingerprint density at radius 2 is 1.97 bits per heavy atom. The van der Waals surface area contributed by atoms with Crippen LogP contribution in [0.15, 0.2) is 36.7 Å². The number of aryl methyl sites for hydroxylation is 1. The average molecular weight is 422 g/mol. The molecule has 0 bridgehead atoms. The lowest BCUT2D eigenvalue weighted by Gasteiger charge is -2.15. The zero-order valence-corrected chi connectivity index (χ0v) is 16.6. The summed E-state index contributed by atoms with van der Waals surface area (Å²) < 4.78 is 45.5. The van der Waals surface area contributed by atoms with E-state index in [1.165, 1.54) is 13.2 Å². The summed E-state index contributed by atoms with van der Waals surface area (Å²) in [5.74, 6) is -0.511. The van der Waals surface area contributed by atoms with Gasteiger partial charge in [0.2, 0.25) is 0 Å². The van der Waals surface area contributed by atoms with Gasteiger partial charge in [-0.05, 0) is 38.8 Å². The number of nitrogens with one attached hydrogen (secondary N) is 1. The highest BCUT2D eigenvalue weighted by Gasteiger charge is 2.33. The fourth-order valence-corrected chi connectivity index (χ4v) is 2.79. The second-order valence-electron chi connectivity index (χ2n) is 7.43. The molecule has 0 atom stereocenters. The molecule has 7 nitrogen and oxygen atoms in total. The molecule has 0 spiro atoms. The van der Waals surface area contributed by atoms with Crippen LogP contribution in [0.1, 0.15) is 42.1 Å². The van der Waals surface area contributed by atoms with Crippen LogP contribution in [0.3, 0.4) is 0 Å². The third kappa shape index (κ3) is 5.07. The Balaban J connectivity index is 1.87. The van der Waals surface area contributed by atoms with Crippen LogP contribution in [0.25, 0.3) is 5.65 Å². The zero-order valence-electron chi connectivity index (χ0n) is 16.6. The van der Waals surface area contributed by atoms with E-state index in [2.05, 4.69) is 15.3 Å². The molecule has 30 heavy (non-hydrogen) atoms. The number of hydrogen-bond acceptors (Lipinski definition) is 5. The van der Waals surface area contributed by atoms with Crippen molar-refractivity contribution in [3.8, 4) is 5.75 Å². The van der Waals surface area contributed by atoms with Crippen molar-refractivity contribution in [2.75, 3.05) is 12.4 Å².